The lowest BCUT2D eigenvalue weighted by molar-refractivity contribution is -0.134. The Kier molecular flexibility index (Phi) is 4.88. The first-order valence-electron chi connectivity index (χ1n) is 6.09. The Morgan fingerprint density at radius 2 is 1.86 bits per heavy atom. The molecular weight excluding hydrogens is 328 g/mol. The Labute approximate surface area is 130 Å². The third-order valence-corrected chi connectivity index (χ3v) is 4.66. The van der Waals surface area contributed by atoms with E-state index in [0.29, 0.717) is 5.69 Å². The van der Waals surface area contributed by atoms with E-state index in [9.17, 15) is 18.0 Å². The fourth-order valence-electron chi connectivity index (χ4n) is 1.67. The van der Waals surface area contributed by atoms with Crippen LogP contribution >= 0.6 is 11.3 Å². The Bertz CT molecular complexity index is 784. The highest BCUT2D eigenvalue weighted by atomic mass is 32.2. The van der Waals surface area contributed by atoms with Gasteiger partial charge in [0, 0.05) is 10.9 Å². The molecule has 0 bridgehead atoms. The van der Waals surface area contributed by atoms with E-state index in [0.717, 1.165) is 16.9 Å². The van der Waals surface area contributed by atoms with Gasteiger partial charge in [0.15, 0.2) is 15.0 Å². The van der Waals surface area contributed by atoms with Crippen LogP contribution in [-0.4, -0.2) is 41.9 Å². The van der Waals surface area contributed by atoms with E-state index in [1.54, 1.807) is 5.38 Å². The molecule has 0 radical (unpaired) electrons. The van der Waals surface area contributed by atoms with Crippen molar-refractivity contribution in [2.75, 3.05) is 16.8 Å². The number of aliphatic carboxylic acids is 1. The Morgan fingerprint density at radius 3 is 2.50 bits per heavy atom. The van der Waals surface area contributed by atoms with Gasteiger partial charge in [-0.2, -0.15) is 0 Å². The van der Waals surface area contributed by atoms with Gasteiger partial charge in [-0.15, -0.1) is 11.3 Å². The number of benzene rings is 1. The molecule has 0 saturated carbocycles. The van der Waals surface area contributed by atoms with Crippen molar-refractivity contribution in [3.8, 4) is 11.3 Å². The summed E-state index contributed by atoms with van der Waals surface area (Å²) in [4.78, 5) is 26.2. The predicted molar refractivity (Wildman–Crippen MR) is 82.5 cm³/mol. The number of sulfone groups is 1. The molecule has 7 nitrogen and oxygen atoms in total. The van der Waals surface area contributed by atoms with Crippen molar-refractivity contribution in [3.05, 3.63) is 35.7 Å². The van der Waals surface area contributed by atoms with E-state index >= 15 is 0 Å². The van der Waals surface area contributed by atoms with Crippen molar-refractivity contribution in [3.63, 3.8) is 0 Å². The number of nitrogens with zero attached hydrogens (tertiary/aromatic N) is 1. The van der Waals surface area contributed by atoms with E-state index in [-0.39, 0.29) is 5.13 Å². The number of hydrogen-bond acceptors (Lipinski definition) is 6. The molecule has 116 valence electrons. The summed E-state index contributed by atoms with van der Waals surface area (Å²) in [7, 11) is -3.98. The van der Waals surface area contributed by atoms with Crippen LogP contribution in [0.5, 0.6) is 0 Å². The van der Waals surface area contributed by atoms with Gasteiger partial charge in [0.1, 0.15) is 11.5 Å². The number of carboxylic acid groups (broad SMARTS) is 1. The monoisotopic (exact) mass is 340 g/mol. The number of carbonyl (C=O) groups excluding carboxylic acids is 1. The third-order valence-electron chi connectivity index (χ3n) is 2.51. The summed E-state index contributed by atoms with van der Waals surface area (Å²) in [5.74, 6) is -4.27. The highest BCUT2D eigenvalue weighted by Gasteiger charge is 2.21. The molecule has 9 heteroatoms. The van der Waals surface area contributed by atoms with Gasteiger partial charge in [-0.25, -0.2) is 13.4 Å². The number of hydrogen-bond donors (Lipinski definition) is 2. The summed E-state index contributed by atoms with van der Waals surface area (Å²) in [5.41, 5.74) is 1.53. The van der Waals surface area contributed by atoms with Gasteiger partial charge < -0.3 is 10.4 Å². The molecule has 0 unspecified atom stereocenters. The SMILES string of the molecule is O=C(O)CS(=O)(=O)CC(=O)Nc1nc(-c2ccccc2)cs1. The van der Waals surface area contributed by atoms with Crippen LogP contribution in [0.1, 0.15) is 0 Å². The maximum absolute atomic E-state index is 11.6. The third kappa shape index (κ3) is 4.64. The molecule has 1 amide bonds. The second-order valence-corrected chi connectivity index (χ2v) is 7.30. The van der Waals surface area contributed by atoms with Crippen LogP contribution in [0, 0.1) is 0 Å². The zero-order chi connectivity index (χ0) is 16.2. The molecule has 1 aromatic heterocycles. The molecule has 0 atom stereocenters. The van der Waals surface area contributed by atoms with Crippen LogP contribution in [0.2, 0.25) is 0 Å². The van der Waals surface area contributed by atoms with Crippen molar-refractivity contribution in [1.29, 1.82) is 0 Å². The normalized spacial score (nSPS) is 11.1. The highest BCUT2D eigenvalue weighted by Crippen LogP contribution is 2.24. The second-order valence-electron chi connectivity index (χ2n) is 4.38. The lowest BCUT2D eigenvalue weighted by Gasteiger charge is -2.02. The summed E-state index contributed by atoms with van der Waals surface area (Å²) in [6.45, 7) is 0. The van der Waals surface area contributed by atoms with E-state index in [1.807, 2.05) is 30.3 Å². The summed E-state index contributed by atoms with van der Waals surface area (Å²) < 4.78 is 22.8. The van der Waals surface area contributed by atoms with Crippen molar-refractivity contribution < 1.29 is 23.1 Å². The summed E-state index contributed by atoms with van der Waals surface area (Å²) in [6, 6.07) is 9.29. The van der Waals surface area contributed by atoms with Crippen LogP contribution < -0.4 is 5.32 Å². The van der Waals surface area contributed by atoms with E-state index in [2.05, 4.69) is 10.3 Å². The maximum atomic E-state index is 11.6. The zero-order valence-corrected chi connectivity index (χ0v) is 12.9. The molecule has 0 saturated heterocycles. The minimum atomic E-state index is -3.98. The first-order valence-corrected chi connectivity index (χ1v) is 8.79. The van der Waals surface area contributed by atoms with Gasteiger partial charge in [0.2, 0.25) is 5.91 Å². The van der Waals surface area contributed by atoms with E-state index < -0.39 is 33.2 Å². The van der Waals surface area contributed by atoms with Gasteiger partial charge >= 0.3 is 5.97 Å². The van der Waals surface area contributed by atoms with Gasteiger partial charge in [-0.05, 0) is 0 Å². The minimum Gasteiger partial charge on any atom is -0.480 e. The number of thiazole rings is 1. The number of carbonyl (C=O) groups is 2. The lowest BCUT2D eigenvalue weighted by Crippen LogP contribution is -2.27. The number of anilines is 1. The molecule has 0 spiro atoms. The van der Waals surface area contributed by atoms with Crippen molar-refractivity contribution in [2.45, 2.75) is 0 Å². The van der Waals surface area contributed by atoms with Gasteiger partial charge in [-0.3, -0.25) is 9.59 Å². The van der Waals surface area contributed by atoms with Gasteiger partial charge in [0.05, 0.1) is 5.69 Å². The molecule has 22 heavy (non-hydrogen) atoms. The predicted octanol–water partition coefficient (Wildman–Crippen LogP) is 1.25. The average molecular weight is 340 g/mol. The van der Waals surface area contributed by atoms with Crippen molar-refractivity contribution >= 4 is 38.2 Å². The fourth-order valence-corrected chi connectivity index (χ4v) is 3.35. The Hall–Kier alpha value is -2.26. The number of amides is 1. The fraction of sp³-hybridized carbons (Fsp3) is 0.154. The number of aromatic nitrogens is 1. The topological polar surface area (TPSA) is 113 Å². The molecule has 0 aliphatic heterocycles. The molecule has 0 aliphatic rings. The van der Waals surface area contributed by atoms with Crippen LogP contribution in [0.25, 0.3) is 11.3 Å². The minimum absolute atomic E-state index is 0.259. The van der Waals surface area contributed by atoms with E-state index in [1.165, 1.54) is 0 Å². The standard InChI is InChI=1S/C13H12N2O5S2/c16-11(7-22(19,20)8-12(17)18)15-13-14-10(6-21-13)9-4-2-1-3-5-9/h1-6H,7-8H2,(H,17,18)(H,14,15,16). The molecule has 1 heterocycles. The average Bonchev–Trinajstić information content (AvgIpc) is 2.85. The molecule has 0 aliphatic carbocycles. The smallest absolute Gasteiger partial charge is 0.318 e. The Morgan fingerprint density at radius 1 is 1.18 bits per heavy atom. The summed E-state index contributed by atoms with van der Waals surface area (Å²) in [6.07, 6.45) is 0. The van der Waals surface area contributed by atoms with Crippen molar-refractivity contribution in [2.24, 2.45) is 0 Å². The number of rotatable bonds is 6. The molecule has 1 aromatic carbocycles. The quantitative estimate of drug-likeness (QED) is 0.818. The van der Waals surface area contributed by atoms with Crippen LogP contribution in [0.3, 0.4) is 0 Å². The number of nitrogens with one attached hydrogen (secondary N) is 1. The lowest BCUT2D eigenvalue weighted by atomic mass is 10.2. The molecule has 2 N–H and O–H groups in total. The second kappa shape index (κ2) is 6.67. The van der Waals surface area contributed by atoms with Crippen LogP contribution in [-0.2, 0) is 19.4 Å². The zero-order valence-electron chi connectivity index (χ0n) is 11.2. The van der Waals surface area contributed by atoms with E-state index in [4.69, 9.17) is 5.11 Å². The maximum Gasteiger partial charge on any atom is 0.318 e. The van der Waals surface area contributed by atoms with Gasteiger partial charge in [0.25, 0.3) is 0 Å². The molecule has 2 rings (SSSR count). The largest absolute Gasteiger partial charge is 0.480 e. The first kappa shape index (κ1) is 16.1. The molecule has 0 fully saturated rings. The summed E-state index contributed by atoms with van der Waals surface area (Å²) >= 11 is 1.16. The van der Waals surface area contributed by atoms with Gasteiger partial charge in [-0.1, -0.05) is 30.3 Å². The number of carboxylic acids is 1. The molecular formula is C13H12N2O5S2. The van der Waals surface area contributed by atoms with Crippen LogP contribution in [0.15, 0.2) is 35.7 Å². The Balaban J connectivity index is 2.01. The summed E-state index contributed by atoms with van der Waals surface area (Å²) in [5, 5.41) is 12.8. The first-order chi connectivity index (χ1) is 10.4. The van der Waals surface area contributed by atoms with Crippen LogP contribution in [0.4, 0.5) is 5.13 Å². The highest BCUT2D eigenvalue weighted by molar-refractivity contribution is 7.92. The van der Waals surface area contributed by atoms with Crippen molar-refractivity contribution in [1.82, 2.24) is 4.98 Å². The molecule has 2 aromatic rings.